The van der Waals surface area contributed by atoms with Crippen LogP contribution in [0.15, 0.2) is 12.2 Å². The lowest BCUT2D eigenvalue weighted by atomic mass is 10.4. The molecule has 0 fully saturated rings. The number of hydrogen-bond donors (Lipinski definition) is 2. The molecule has 0 bridgehead atoms. The summed E-state index contributed by atoms with van der Waals surface area (Å²) in [6.07, 6.45) is -1.02. The lowest BCUT2D eigenvalue weighted by Gasteiger charge is -2.02. The van der Waals surface area contributed by atoms with E-state index in [-0.39, 0.29) is 0 Å². The first-order chi connectivity index (χ1) is 5.13. The van der Waals surface area contributed by atoms with Crippen LogP contribution in [0.4, 0.5) is 4.79 Å². The summed E-state index contributed by atoms with van der Waals surface area (Å²) in [5.74, 6) is 0. The number of carboxylic acid groups (broad SMARTS) is 1. The molecule has 0 aromatic rings. The maximum atomic E-state index is 9.91. The number of amides is 1. The molecule has 0 aromatic heterocycles. The molecule has 0 atom stereocenters. The SMILES string of the molecule is C=C(C)COCCNC(=O)O. The summed E-state index contributed by atoms with van der Waals surface area (Å²) in [7, 11) is 0. The van der Waals surface area contributed by atoms with Crippen LogP contribution in [0.2, 0.25) is 0 Å². The normalized spacial score (nSPS) is 9.18. The maximum absolute atomic E-state index is 9.91. The Kier molecular flexibility index (Phi) is 5.20. The summed E-state index contributed by atoms with van der Waals surface area (Å²) in [4.78, 5) is 9.91. The quantitative estimate of drug-likeness (QED) is 0.461. The van der Waals surface area contributed by atoms with E-state index in [4.69, 9.17) is 9.84 Å². The molecule has 0 aliphatic heterocycles. The zero-order chi connectivity index (χ0) is 8.69. The van der Waals surface area contributed by atoms with E-state index >= 15 is 0 Å². The van der Waals surface area contributed by atoms with Gasteiger partial charge in [0.25, 0.3) is 0 Å². The number of ether oxygens (including phenoxy) is 1. The molecular formula is C7H13NO3. The van der Waals surface area contributed by atoms with Gasteiger partial charge in [-0.25, -0.2) is 4.79 Å². The van der Waals surface area contributed by atoms with Gasteiger partial charge >= 0.3 is 6.09 Å². The zero-order valence-electron chi connectivity index (χ0n) is 6.59. The average Bonchev–Trinajstić information content (AvgIpc) is 1.85. The van der Waals surface area contributed by atoms with Gasteiger partial charge in [-0.2, -0.15) is 0 Å². The smallest absolute Gasteiger partial charge is 0.404 e. The molecule has 0 radical (unpaired) electrons. The molecule has 64 valence electrons. The first kappa shape index (κ1) is 9.97. The van der Waals surface area contributed by atoms with E-state index in [9.17, 15) is 4.79 Å². The molecule has 0 aromatic carbocycles. The monoisotopic (exact) mass is 159 g/mol. The van der Waals surface area contributed by atoms with E-state index in [1.54, 1.807) is 0 Å². The van der Waals surface area contributed by atoms with Crippen molar-refractivity contribution < 1.29 is 14.6 Å². The maximum Gasteiger partial charge on any atom is 0.404 e. The van der Waals surface area contributed by atoms with Crippen molar-refractivity contribution in [3.05, 3.63) is 12.2 Å². The number of nitrogens with one attached hydrogen (secondary N) is 1. The Balaban J connectivity index is 3.03. The molecule has 0 aliphatic carbocycles. The van der Waals surface area contributed by atoms with E-state index in [1.165, 1.54) is 0 Å². The molecule has 0 rings (SSSR count). The third-order valence-electron chi connectivity index (χ3n) is 0.871. The van der Waals surface area contributed by atoms with Gasteiger partial charge in [0.15, 0.2) is 0 Å². The van der Waals surface area contributed by atoms with Crippen molar-refractivity contribution in [1.29, 1.82) is 0 Å². The van der Waals surface area contributed by atoms with Gasteiger partial charge in [0, 0.05) is 6.54 Å². The first-order valence-corrected chi connectivity index (χ1v) is 3.32. The molecule has 0 saturated heterocycles. The van der Waals surface area contributed by atoms with Gasteiger partial charge in [-0.1, -0.05) is 12.2 Å². The van der Waals surface area contributed by atoms with Crippen LogP contribution in [0.1, 0.15) is 6.92 Å². The van der Waals surface area contributed by atoms with Crippen molar-refractivity contribution in [2.24, 2.45) is 0 Å². The minimum absolute atomic E-state index is 0.322. The van der Waals surface area contributed by atoms with E-state index in [0.717, 1.165) is 5.57 Å². The summed E-state index contributed by atoms with van der Waals surface area (Å²) < 4.78 is 5.02. The van der Waals surface area contributed by atoms with E-state index in [1.807, 2.05) is 6.92 Å². The summed E-state index contributed by atoms with van der Waals surface area (Å²) >= 11 is 0. The van der Waals surface area contributed by atoms with Gasteiger partial charge in [0.2, 0.25) is 0 Å². The molecule has 11 heavy (non-hydrogen) atoms. The minimum Gasteiger partial charge on any atom is -0.465 e. The van der Waals surface area contributed by atoms with Crippen molar-refractivity contribution >= 4 is 6.09 Å². The van der Waals surface area contributed by atoms with E-state index in [0.29, 0.717) is 19.8 Å². The van der Waals surface area contributed by atoms with E-state index in [2.05, 4.69) is 11.9 Å². The van der Waals surface area contributed by atoms with Crippen LogP contribution in [0.5, 0.6) is 0 Å². The van der Waals surface area contributed by atoms with Gasteiger partial charge in [0.1, 0.15) is 0 Å². The highest BCUT2D eigenvalue weighted by molar-refractivity contribution is 5.64. The fourth-order valence-electron chi connectivity index (χ4n) is 0.477. The standard InChI is InChI=1S/C7H13NO3/c1-6(2)5-11-4-3-8-7(9)10/h8H,1,3-5H2,2H3,(H,9,10). The predicted octanol–water partition coefficient (Wildman–Crippen LogP) is 0.847. The number of carbonyl (C=O) groups is 1. The van der Waals surface area contributed by atoms with Crippen LogP contribution in [0.3, 0.4) is 0 Å². The van der Waals surface area contributed by atoms with Crippen LogP contribution in [-0.2, 0) is 4.74 Å². The van der Waals surface area contributed by atoms with Crippen molar-refractivity contribution in [2.75, 3.05) is 19.8 Å². The lowest BCUT2D eigenvalue weighted by molar-refractivity contribution is 0.151. The second-order valence-electron chi connectivity index (χ2n) is 2.24. The van der Waals surface area contributed by atoms with Crippen molar-refractivity contribution in [3.8, 4) is 0 Å². The zero-order valence-corrected chi connectivity index (χ0v) is 6.59. The van der Waals surface area contributed by atoms with Gasteiger partial charge in [-0.15, -0.1) is 0 Å². The van der Waals surface area contributed by atoms with Crippen LogP contribution >= 0.6 is 0 Å². The summed E-state index contributed by atoms with van der Waals surface area (Å²) in [5.41, 5.74) is 0.931. The molecular weight excluding hydrogens is 146 g/mol. The summed E-state index contributed by atoms with van der Waals surface area (Å²) in [6.45, 7) is 6.68. The first-order valence-electron chi connectivity index (χ1n) is 3.32. The fraction of sp³-hybridized carbons (Fsp3) is 0.571. The van der Waals surface area contributed by atoms with Crippen LogP contribution < -0.4 is 5.32 Å². The Morgan fingerprint density at radius 1 is 1.73 bits per heavy atom. The Hall–Kier alpha value is -1.03. The van der Waals surface area contributed by atoms with Crippen LogP contribution in [-0.4, -0.2) is 31.0 Å². The molecule has 0 unspecified atom stereocenters. The Morgan fingerprint density at radius 3 is 2.82 bits per heavy atom. The molecule has 0 saturated carbocycles. The number of hydrogen-bond acceptors (Lipinski definition) is 2. The Bertz CT molecular complexity index is 129. The van der Waals surface area contributed by atoms with Gasteiger partial charge in [0.05, 0.1) is 13.2 Å². The largest absolute Gasteiger partial charge is 0.465 e. The van der Waals surface area contributed by atoms with Crippen molar-refractivity contribution in [2.45, 2.75) is 6.92 Å². The third kappa shape index (κ3) is 8.97. The van der Waals surface area contributed by atoms with Gasteiger partial charge in [-0.3, -0.25) is 0 Å². The fourth-order valence-corrected chi connectivity index (χ4v) is 0.477. The second-order valence-corrected chi connectivity index (χ2v) is 2.24. The van der Waals surface area contributed by atoms with Crippen LogP contribution in [0, 0.1) is 0 Å². The van der Waals surface area contributed by atoms with Crippen molar-refractivity contribution in [1.82, 2.24) is 5.32 Å². The topological polar surface area (TPSA) is 58.6 Å². The molecule has 1 amide bonds. The predicted molar refractivity (Wildman–Crippen MR) is 41.7 cm³/mol. The number of rotatable bonds is 5. The third-order valence-corrected chi connectivity index (χ3v) is 0.871. The van der Waals surface area contributed by atoms with Crippen LogP contribution in [0.25, 0.3) is 0 Å². The van der Waals surface area contributed by atoms with Gasteiger partial charge < -0.3 is 15.2 Å². The molecule has 2 N–H and O–H groups in total. The van der Waals surface area contributed by atoms with E-state index < -0.39 is 6.09 Å². The summed E-state index contributed by atoms with van der Waals surface area (Å²) in [6, 6.07) is 0. The average molecular weight is 159 g/mol. The highest BCUT2D eigenvalue weighted by Gasteiger charge is 1.92. The molecule has 4 nitrogen and oxygen atoms in total. The highest BCUT2D eigenvalue weighted by atomic mass is 16.5. The van der Waals surface area contributed by atoms with Crippen molar-refractivity contribution in [3.63, 3.8) is 0 Å². The minimum atomic E-state index is -1.02. The molecule has 4 heteroatoms. The summed E-state index contributed by atoms with van der Waals surface area (Å²) in [5, 5.41) is 10.3. The molecule has 0 spiro atoms. The Morgan fingerprint density at radius 2 is 2.36 bits per heavy atom. The lowest BCUT2D eigenvalue weighted by Crippen LogP contribution is -2.25. The molecule has 0 heterocycles. The van der Waals surface area contributed by atoms with Gasteiger partial charge in [-0.05, 0) is 6.92 Å². The molecule has 0 aliphatic rings. The Labute approximate surface area is 65.9 Å². The second kappa shape index (κ2) is 5.73. The highest BCUT2D eigenvalue weighted by Crippen LogP contribution is 1.86.